The zero-order chi connectivity index (χ0) is 11.4. The lowest BCUT2D eigenvalue weighted by molar-refractivity contribution is -0.134. The van der Waals surface area contributed by atoms with Gasteiger partial charge >= 0.3 is 5.97 Å². The van der Waals surface area contributed by atoms with Crippen molar-refractivity contribution in [1.82, 2.24) is 0 Å². The summed E-state index contributed by atoms with van der Waals surface area (Å²) in [5.74, 6) is -0.320. The maximum atomic E-state index is 10.9. The van der Waals surface area contributed by atoms with Gasteiger partial charge in [-0.05, 0) is 22.3 Å². The Morgan fingerprint density at radius 3 is 2.69 bits per heavy atom. The molecule has 0 amide bonds. The summed E-state index contributed by atoms with van der Waals surface area (Å²) in [4.78, 5) is 12.0. The fourth-order valence-corrected chi connectivity index (χ4v) is 5.30. The number of thioether (sulfide) groups is 4. The minimum atomic E-state index is -0.320. The first-order chi connectivity index (χ1) is 7.79. The summed E-state index contributed by atoms with van der Waals surface area (Å²) in [6.07, 6.45) is 3.23. The molecule has 0 aromatic carbocycles. The first-order valence-electron chi connectivity index (χ1n) is 4.33. The Labute approximate surface area is 111 Å². The van der Waals surface area contributed by atoms with E-state index in [1.165, 1.54) is 21.7 Å². The van der Waals surface area contributed by atoms with Gasteiger partial charge in [0.25, 0.3) is 0 Å². The molecule has 84 valence electrons. The fraction of sp³-hybridized carbons (Fsp3) is 0.100. The molecule has 0 saturated carbocycles. The lowest BCUT2D eigenvalue weighted by Crippen LogP contribution is -1.93. The van der Waals surface area contributed by atoms with Crippen LogP contribution in [0.25, 0.3) is 0 Å². The highest BCUT2D eigenvalue weighted by Crippen LogP contribution is 2.53. The zero-order valence-corrected chi connectivity index (χ0v) is 11.6. The molecule has 0 radical (unpaired) electrons. The first-order valence-corrected chi connectivity index (χ1v) is 7.78. The molecule has 0 spiro atoms. The summed E-state index contributed by atoms with van der Waals surface area (Å²) in [5, 5.41) is 6.21. The molecule has 0 saturated heterocycles. The topological polar surface area (TPSA) is 26.3 Å². The second-order valence-electron chi connectivity index (χ2n) is 2.68. The monoisotopic (exact) mass is 288 g/mol. The highest BCUT2D eigenvalue weighted by atomic mass is 32.2. The number of rotatable bonds is 2. The smallest absolute Gasteiger partial charge is 0.330 e. The number of methoxy groups -OCH3 is 1. The molecule has 0 unspecified atom stereocenters. The van der Waals surface area contributed by atoms with Crippen LogP contribution in [0.4, 0.5) is 0 Å². The van der Waals surface area contributed by atoms with E-state index in [1.54, 1.807) is 53.1 Å². The highest BCUT2D eigenvalue weighted by Gasteiger charge is 2.17. The normalized spacial score (nSPS) is 19.7. The third-order valence-electron chi connectivity index (χ3n) is 1.65. The Kier molecular flexibility index (Phi) is 4.57. The number of esters is 1. The molecule has 0 aromatic rings. The lowest BCUT2D eigenvalue weighted by Gasteiger charge is -1.99. The minimum absolute atomic E-state index is 0.320. The van der Waals surface area contributed by atoms with Crippen molar-refractivity contribution in [3.63, 3.8) is 0 Å². The van der Waals surface area contributed by atoms with Gasteiger partial charge in [0.2, 0.25) is 0 Å². The molecular weight excluding hydrogens is 280 g/mol. The number of hydrogen-bond acceptors (Lipinski definition) is 6. The Morgan fingerprint density at radius 1 is 1.25 bits per heavy atom. The lowest BCUT2D eigenvalue weighted by atomic mass is 10.5. The molecule has 0 bridgehead atoms. The van der Waals surface area contributed by atoms with Crippen molar-refractivity contribution in [1.29, 1.82) is 0 Å². The fourth-order valence-electron chi connectivity index (χ4n) is 0.951. The van der Waals surface area contributed by atoms with E-state index >= 15 is 0 Å². The van der Waals surface area contributed by atoms with Crippen LogP contribution in [-0.4, -0.2) is 13.1 Å². The van der Waals surface area contributed by atoms with Crippen molar-refractivity contribution in [2.24, 2.45) is 0 Å². The molecule has 16 heavy (non-hydrogen) atoms. The molecule has 0 aliphatic carbocycles. The van der Waals surface area contributed by atoms with Crippen molar-refractivity contribution in [2.45, 2.75) is 0 Å². The molecule has 2 aliphatic heterocycles. The SMILES string of the molecule is COC(=O)/C=C/C1=CSC(=C2SC=CS2)S1. The van der Waals surface area contributed by atoms with E-state index in [4.69, 9.17) is 0 Å². The van der Waals surface area contributed by atoms with Crippen LogP contribution in [-0.2, 0) is 9.53 Å². The molecule has 2 rings (SSSR count). The van der Waals surface area contributed by atoms with Crippen LogP contribution in [0.5, 0.6) is 0 Å². The minimum Gasteiger partial charge on any atom is -0.466 e. The standard InChI is InChI=1S/C10H8O2S4/c1-12-8(11)3-2-7-6-15-10(16-7)9-13-4-5-14-9/h2-6H,1H3/b3-2+. The van der Waals surface area contributed by atoms with Gasteiger partial charge in [0.05, 0.1) is 15.6 Å². The number of carbonyl (C=O) groups is 1. The Hall–Kier alpha value is -0.170. The van der Waals surface area contributed by atoms with Crippen molar-refractivity contribution in [2.75, 3.05) is 7.11 Å². The van der Waals surface area contributed by atoms with Crippen molar-refractivity contribution >= 4 is 53.0 Å². The van der Waals surface area contributed by atoms with Crippen molar-refractivity contribution in [3.8, 4) is 0 Å². The van der Waals surface area contributed by atoms with Crippen LogP contribution in [0.3, 0.4) is 0 Å². The maximum absolute atomic E-state index is 10.9. The number of ether oxygens (including phenoxy) is 1. The van der Waals surface area contributed by atoms with E-state index in [-0.39, 0.29) is 5.97 Å². The van der Waals surface area contributed by atoms with Gasteiger partial charge in [0, 0.05) is 11.0 Å². The van der Waals surface area contributed by atoms with E-state index in [0.29, 0.717) is 0 Å². The van der Waals surface area contributed by atoms with Gasteiger partial charge in [-0.15, -0.1) is 0 Å². The van der Waals surface area contributed by atoms with Crippen LogP contribution in [0.15, 0.2) is 41.8 Å². The molecule has 0 aromatic heterocycles. The zero-order valence-electron chi connectivity index (χ0n) is 8.34. The van der Waals surface area contributed by atoms with E-state index < -0.39 is 0 Å². The molecule has 0 atom stereocenters. The van der Waals surface area contributed by atoms with Crippen LogP contribution in [0, 0.1) is 0 Å². The van der Waals surface area contributed by atoms with E-state index in [1.807, 2.05) is 5.41 Å². The summed E-state index contributed by atoms with van der Waals surface area (Å²) in [6.45, 7) is 0. The highest BCUT2D eigenvalue weighted by molar-refractivity contribution is 8.33. The van der Waals surface area contributed by atoms with E-state index in [2.05, 4.69) is 15.6 Å². The van der Waals surface area contributed by atoms with Crippen molar-refractivity contribution < 1.29 is 9.53 Å². The number of allylic oxidation sites excluding steroid dienone is 1. The predicted octanol–water partition coefficient (Wildman–Crippen LogP) is 4.11. The van der Waals surface area contributed by atoms with Gasteiger partial charge in [0.1, 0.15) is 0 Å². The van der Waals surface area contributed by atoms with E-state index in [0.717, 1.165) is 4.91 Å². The van der Waals surface area contributed by atoms with Crippen molar-refractivity contribution in [3.05, 3.63) is 41.8 Å². The number of carbonyl (C=O) groups excluding carboxylic acids is 1. The van der Waals surface area contributed by atoms with Gasteiger partial charge in [0.15, 0.2) is 0 Å². The van der Waals surface area contributed by atoms with Gasteiger partial charge in [-0.2, -0.15) is 0 Å². The molecule has 0 N–H and O–H groups in total. The summed E-state index contributed by atoms with van der Waals surface area (Å²) < 4.78 is 7.13. The quantitative estimate of drug-likeness (QED) is 0.560. The average molecular weight is 288 g/mol. The molecule has 2 heterocycles. The Bertz CT molecular complexity index is 411. The second-order valence-corrected chi connectivity index (χ2v) is 6.99. The number of hydrogen-bond donors (Lipinski definition) is 0. The molecular formula is C10H8O2S4. The average Bonchev–Trinajstić information content (AvgIpc) is 2.95. The first kappa shape index (κ1) is 12.3. The molecule has 0 fully saturated rings. The predicted molar refractivity (Wildman–Crippen MR) is 75.8 cm³/mol. The Balaban J connectivity index is 1.95. The van der Waals surface area contributed by atoms with Crippen LogP contribution < -0.4 is 0 Å². The second kappa shape index (κ2) is 5.95. The molecule has 2 nitrogen and oxygen atoms in total. The summed E-state index contributed by atoms with van der Waals surface area (Å²) in [7, 11) is 1.38. The summed E-state index contributed by atoms with van der Waals surface area (Å²) in [5.41, 5.74) is 0. The van der Waals surface area contributed by atoms with Gasteiger partial charge < -0.3 is 4.74 Å². The molecule has 2 aliphatic rings. The summed E-state index contributed by atoms with van der Waals surface area (Å²) >= 11 is 6.87. The largest absolute Gasteiger partial charge is 0.466 e. The van der Waals surface area contributed by atoms with Crippen LogP contribution in [0.1, 0.15) is 0 Å². The summed E-state index contributed by atoms with van der Waals surface area (Å²) in [6, 6.07) is 0. The van der Waals surface area contributed by atoms with Gasteiger partial charge in [-0.1, -0.05) is 47.0 Å². The third-order valence-corrected chi connectivity index (χ3v) is 6.65. The molecule has 6 heteroatoms. The van der Waals surface area contributed by atoms with Crippen LogP contribution >= 0.6 is 47.0 Å². The third kappa shape index (κ3) is 3.16. The van der Waals surface area contributed by atoms with Crippen LogP contribution in [0.2, 0.25) is 0 Å². The van der Waals surface area contributed by atoms with Gasteiger partial charge in [-0.3, -0.25) is 0 Å². The van der Waals surface area contributed by atoms with E-state index in [9.17, 15) is 4.79 Å². The Morgan fingerprint density at radius 2 is 2.00 bits per heavy atom. The maximum Gasteiger partial charge on any atom is 0.330 e. The van der Waals surface area contributed by atoms with Gasteiger partial charge in [-0.25, -0.2) is 4.79 Å².